The number of hydrogen-bond donors (Lipinski definition) is 2. The maximum Gasteiger partial charge on any atom is 0.335 e. The maximum atomic E-state index is 12.4. The van der Waals surface area contributed by atoms with E-state index in [1.54, 1.807) is 38.1 Å². The molecule has 0 fully saturated rings. The molecule has 2 rings (SSSR count). The average molecular weight is 350 g/mol. The molecule has 0 unspecified atom stereocenters. The van der Waals surface area contributed by atoms with Crippen molar-refractivity contribution in [3.63, 3.8) is 0 Å². The van der Waals surface area contributed by atoms with Crippen molar-refractivity contribution < 1.29 is 17.9 Å². The smallest absolute Gasteiger partial charge is 0.335 e. The molecule has 0 bridgehead atoms. The van der Waals surface area contributed by atoms with E-state index in [2.05, 4.69) is 15.3 Å². The molecular formula is C15H18N4O4S. The number of benzene rings is 1. The monoisotopic (exact) mass is 350 g/mol. The Balaban J connectivity index is 2.18. The van der Waals surface area contributed by atoms with Crippen LogP contribution >= 0.6 is 0 Å². The van der Waals surface area contributed by atoms with Crippen molar-refractivity contribution >= 4 is 22.0 Å². The van der Waals surface area contributed by atoms with Gasteiger partial charge in [0.2, 0.25) is 5.95 Å². The summed E-state index contributed by atoms with van der Waals surface area (Å²) in [5.74, 6) is 0.0328. The number of carbonyl (C=O) groups is 1. The lowest BCUT2D eigenvalue weighted by Gasteiger charge is -2.11. The summed E-state index contributed by atoms with van der Waals surface area (Å²) in [7, 11) is -2.59. The molecule has 8 nitrogen and oxygen atoms in total. The Kier molecular flexibility index (Phi) is 5.47. The van der Waals surface area contributed by atoms with Crippen LogP contribution in [-0.2, 0) is 21.4 Å². The highest BCUT2D eigenvalue weighted by atomic mass is 32.2. The van der Waals surface area contributed by atoms with Crippen LogP contribution < -0.4 is 10.0 Å². The number of aryl methyl sites for hydroxylation is 2. The third-order valence-corrected chi connectivity index (χ3v) is 4.43. The Labute approximate surface area is 140 Å². The number of methoxy groups -OCH3 is 1. The molecule has 2 N–H and O–H groups in total. The van der Waals surface area contributed by atoms with Gasteiger partial charge in [0.25, 0.3) is 10.0 Å². The molecular weight excluding hydrogens is 332 g/mol. The summed E-state index contributed by atoms with van der Waals surface area (Å²) in [6.45, 7) is 3.60. The van der Waals surface area contributed by atoms with Gasteiger partial charge in [0, 0.05) is 18.5 Å². The largest absolute Gasteiger partial charge is 0.380 e. The van der Waals surface area contributed by atoms with Crippen molar-refractivity contribution in [3.8, 4) is 0 Å². The van der Waals surface area contributed by atoms with Gasteiger partial charge in [0.05, 0.1) is 11.5 Å². The van der Waals surface area contributed by atoms with Gasteiger partial charge < -0.3 is 4.74 Å². The number of rotatable bonds is 5. The third kappa shape index (κ3) is 4.49. The summed E-state index contributed by atoms with van der Waals surface area (Å²) in [5, 5.41) is 2.32. The zero-order valence-electron chi connectivity index (χ0n) is 13.5. The highest BCUT2D eigenvalue weighted by molar-refractivity contribution is 7.90. The lowest BCUT2D eigenvalue weighted by atomic mass is 10.2. The lowest BCUT2D eigenvalue weighted by Crippen LogP contribution is -2.35. The molecule has 128 valence electrons. The van der Waals surface area contributed by atoms with E-state index in [1.165, 1.54) is 13.2 Å². The van der Waals surface area contributed by atoms with Gasteiger partial charge in [-0.2, -0.15) is 0 Å². The van der Waals surface area contributed by atoms with Gasteiger partial charge in [-0.25, -0.2) is 27.9 Å². The molecule has 0 saturated heterocycles. The van der Waals surface area contributed by atoms with E-state index in [4.69, 9.17) is 4.74 Å². The number of amides is 2. The molecule has 0 aliphatic heterocycles. The van der Waals surface area contributed by atoms with Gasteiger partial charge in [-0.1, -0.05) is 18.2 Å². The van der Waals surface area contributed by atoms with E-state index < -0.39 is 16.1 Å². The first kappa shape index (κ1) is 17.8. The van der Waals surface area contributed by atoms with Crippen LogP contribution in [0.1, 0.15) is 17.0 Å². The van der Waals surface area contributed by atoms with E-state index in [0.29, 0.717) is 17.0 Å². The Bertz CT molecular complexity index is 832. The molecule has 1 heterocycles. The van der Waals surface area contributed by atoms with E-state index in [0.717, 1.165) is 0 Å². The predicted octanol–water partition coefficient (Wildman–Crippen LogP) is 1.75. The second kappa shape index (κ2) is 7.37. The Morgan fingerprint density at radius 1 is 1.17 bits per heavy atom. The van der Waals surface area contributed by atoms with Gasteiger partial charge in [0.15, 0.2) is 0 Å². The van der Waals surface area contributed by atoms with Crippen LogP contribution in [0.3, 0.4) is 0 Å². The summed E-state index contributed by atoms with van der Waals surface area (Å²) in [5.41, 5.74) is 1.76. The van der Waals surface area contributed by atoms with Crippen LogP contribution in [0, 0.1) is 13.8 Å². The standard InChI is InChI=1S/C15H18N4O4S/c1-10-8-11(2)17-14(16-10)18-15(20)19-24(21,22)13-7-5-4-6-12(13)9-23-3/h4-8H,9H2,1-3H3,(H2,16,17,18,19,20). The minimum atomic E-state index is -4.05. The van der Waals surface area contributed by atoms with Crippen LogP contribution in [0.2, 0.25) is 0 Å². The number of hydrogen-bond acceptors (Lipinski definition) is 6. The van der Waals surface area contributed by atoms with Crippen molar-refractivity contribution in [1.29, 1.82) is 0 Å². The molecule has 0 aliphatic rings. The van der Waals surface area contributed by atoms with Crippen molar-refractivity contribution in [2.24, 2.45) is 0 Å². The zero-order valence-corrected chi connectivity index (χ0v) is 14.3. The van der Waals surface area contributed by atoms with Gasteiger partial charge in [-0.15, -0.1) is 0 Å². The number of aromatic nitrogens is 2. The highest BCUT2D eigenvalue weighted by Crippen LogP contribution is 2.16. The summed E-state index contributed by atoms with van der Waals surface area (Å²) in [6, 6.07) is 7.07. The highest BCUT2D eigenvalue weighted by Gasteiger charge is 2.21. The Hall–Kier alpha value is -2.52. The Morgan fingerprint density at radius 3 is 2.42 bits per heavy atom. The molecule has 1 aromatic heterocycles. The van der Waals surface area contributed by atoms with E-state index in [9.17, 15) is 13.2 Å². The van der Waals surface area contributed by atoms with Crippen LogP contribution in [0.25, 0.3) is 0 Å². The first-order valence-electron chi connectivity index (χ1n) is 7.05. The fourth-order valence-corrected chi connectivity index (χ4v) is 3.26. The quantitative estimate of drug-likeness (QED) is 0.850. The van der Waals surface area contributed by atoms with Crippen LogP contribution in [0.15, 0.2) is 35.2 Å². The second-order valence-corrected chi connectivity index (χ2v) is 6.73. The SMILES string of the molecule is COCc1ccccc1S(=O)(=O)NC(=O)Nc1nc(C)cc(C)n1. The molecule has 2 aromatic rings. The number of carbonyl (C=O) groups excluding carboxylic acids is 1. The number of urea groups is 1. The summed E-state index contributed by atoms with van der Waals surface area (Å²) >= 11 is 0. The Morgan fingerprint density at radius 2 is 1.79 bits per heavy atom. The zero-order chi connectivity index (χ0) is 17.7. The number of sulfonamides is 1. The lowest BCUT2D eigenvalue weighted by molar-refractivity contribution is 0.182. The minimum absolute atomic E-state index is 0.0247. The summed E-state index contributed by atoms with van der Waals surface area (Å²) < 4.78 is 31.7. The molecule has 2 amide bonds. The molecule has 0 spiro atoms. The molecule has 1 aromatic carbocycles. The second-order valence-electron chi connectivity index (χ2n) is 5.07. The minimum Gasteiger partial charge on any atom is -0.380 e. The van der Waals surface area contributed by atoms with Crippen LogP contribution in [0.5, 0.6) is 0 Å². The van der Waals surface area contributed by atoms with Crippen LogP contribution in [0.4, 0.5) is 10.7 Å². The predicted molar refractivity (Wildman–Crippen MR) is 88.0 cm³/mol. The topological polar surface area (TPSA) is 110 Å². The maximum absolute atomic E-state index is 12.4. The van der Waals surface area contributed by atoms with Crippen molar-refractivity contribution in [1.82, 2.24) is 14.7 Å². The number of nitrogens with one attached hydrogen (secondary N) is 2. The summed E-state index contributed by atoms with van der Waals surface area (Å²) in [6.07, 6.45) is 0. The van der Waals surface area contributed by atoms with Crippen molar-refractivity contribution in [2.75, 3.05) is 12.4 Å². The van der Waals surface area contributed by atoms with E-state index >= 15 is 0 Å². The van der Waals surface area contributed by atoms with Crippen molar-refractivity contribution in [2.45, 2.75) is 25.3 Å². The first-order chi connectivity index (χ1) is 11.3. The fraction of sp³-hybridized carbons (Fsp3) is 0.267. The number of ether oxygens (including phenoxy) is 1. The van der Waals surface area contributed by atoms with E-state index in [1.807, 2.05) is 4.72 Å². The molecule has 0 radical (unpaired) electrons. The van der Waals surface area contributed by atoms with Gasteiger partial charge in [-0.3, -0.25) is 5.32 Å². The fourth-order valence-electron chi connectivity index (χ4n) is 2.13. The number of anilines is 1. The third-order valence-electron chi connectivity index (χ3n) is 3.00. The van der Waals surface area contributed by atoms with Crippen molar-refractivity contribution in [3.05, 3.63) is 47.3 Å². The van der Waals surface area contributed by atoms with Crippen LogP contribution in [-0.4, -0.2) is 31.5 Å². The van der Waals surface area contributed by atoms with Gasteiger partial charge in [0.1, 0.15) is 0 Å². The van der Waals surface area contributed by atoms with E-state index in [-0.39, 0.29) is 17.5 Å². The molecule has 0 atom stereocenters. The summed E-state index contributed by atoms with van der Waals surface area (Å²) in [4.78, 5) is 20.0. The normalized spacial score (nSPS) is 11.1. The molecule has 0 saturated carbocycles. The van der Waals surface area contributed by atoms with Gasteiger partial charge in [-0.05, 0) is 31.5 Å². The number of nitrogens with zero attached hydrogens (tertiary/aromatic N) is 2. The van der Waals surface area contributed by atoms with Gasteiger partial charge >= 0.3 is 6.03 Å². The molecule has 0 aliphatic carbocycles. The average Bonchev–Trinajstić information content (AvgIpc) is 2.46. The molecule has 24 heavy (non-hydrogen) atoms. The first-order valence-corrected chi connectivity index (χ1v) is 8.53. The molecule has 9 heteroatoms.